The van der Waals surface area contributed by atoms with Crippen molar-refractivity contribution in [3.63, 3.8) is 0 Å². The van der Waals surface area contributed by atoms with E-state index in [1.807, 2.05) is 19.1 Å². The Morgan fingerprint density at radius 2 is 2.38 bits per heavy atom. The number of nitrogens with one attached hydrogen (secondary N) is 1. The highest BCUT2D eigenvalue weighted by molar-refractivity contribution is 14.1. The molecule has 1 aromatic rings. The fourth-order valence-corrected chi connectivity index (χ4v) is 1.49. The molecule has 0 aromatic carbocycles. The number of furan rings is 1. The second-order valence-electron chi connectivity index (χ2n) is 2.87. The molecule has 0 aliphatic heterocycles. The molecule has 0 saturated heterocycles. The molecule has 74 valence electrons. The Balaban J connectivity index is 2.33. The second-order valence-corrected chi connectivity index (χ2v) is 3.94. The van der Waals surface area contributed by atoms with Crippen molar-refractivity contribution in [1.82, 2.24) is 5.32 Å². The molecular formula is C9H14INO2. The number of rotatable bonds is 5. The standard InChI is InChI=1S/C9H14INO2/c1-2-7(6-12)11-5-8-3-4-9(10)13-8/h3-4,7,11-12H,2,5-6H2,1H3/t7-/m0/s1. The van der Waals surface area contributed by atoms with Crippen molar-refractivity contribution in [2.45, 2.75) is 25.9 Å². The molecule has 1 rings (SSSR count). The van der Waals surface area contributed by atoms with Gasteiger partial charge in [-0.3, -0.25) is 0 Å². The van der Waals surface area contributed by atoms with E-state index in [2.05, 4.69) is 27.9 Å². The molecule has 2 N–H and O–H groups in total. The van der Waals surface area contributed by atoms with Crippen molar-refractivity contribution >= 4 is 22.6 Å². The van der Waals surface area contributed by atoms with Crippen LogP contribution in [0.2, 0.25) is 0 Å². The zero-order valence-electron chi connectivity index (χ0n) is 7.59. The quantitative estimate of drug-likeness (QED) is 0.813. The van der Waals surface area contributed by atoms with Crippen LogP contribution in [-0.4, -0.2) is 17.8 Å². The molecule has 0 amide bonds. The van der Waals surface area contributed by atoms with Gasteiger partial charge in [0.25, 0.3) is 0 Å². The number of hydrogen-bond donors (Lipinski definition) is 2. The van der Waals surface area contributed by atoms with Gasteiger partial charge in [-0.2, -0.15) is 0 Å². The Morgan fingerprint density at radius 1 is 1.62 bits per heavy atom. The molecule has 1 atom stereocenters. The lowest BCUT2D eigenvalue weighted by Crippen LogP contribution is -2.30. The van der Waals surface area contributed by atoms with E-state index < -0.39 is 0 Å². The molecule has 0 fully saturated rings. The Morgan fingerprint density at radius 3 is 2.85 bits per heavy atom. The topological polar surface area (TPSA) is 45.4 Å². The van der Waals surface area contributed by atoms with Crippen LogP contribution in [0.15, 0.2) is 16.5 Å². The van der Waals surface area contributed by atoms with Crippen LogP contribution in [0.25, 0.3) is 0 Å². The van der Waals surface area contributed by atoms with E-state index in [4.69, 9.17) is 9.52 Å². The number of hydrogen-bond acceptors (Lipinski definition) is 3. The lowest BCUT2D eigenvalue weighted by Gasteiger charge is -2.12. The van der Waals surface area contributed by atoms with Crippen molar-refractivity contribution in [2.75, 3.05) is 6.61 Å². The highest BCUT2D eigenvalue weighted by Gasteiger charge is 2.04. The van der Waals surface area contributed by atoms with Crippen LogP contribution >= 0.6 is 22.6 Å². The van der Waals surface area contributed by atoms with Gasteiger partial charge in [0.2, 0.25) is 0 Å². The predicted molar refractivity (Wildman–Crippen MR) is 59.4 cm³/mol. The maximum atomic E-state index is 8.91. The molecule has 1 aromatic heterocycles. The monoisotopic (exact) mass is 295 g/mol. The van der Waals surface area contributed by atoms with Crippen LogP contribution in [0, 0.1) is 3.77 Å². The molecule has 0 aliphatic rings. The van der Waals surface area contributed by atoms with Crippen molar-refractivity contribution in [1.29, 1.82) is 0 Å². The highest BCUT2D eigenvalue weighted by atomic mass is 127. The Labute approximate surface area is 91.7 Å². The first-order valence-corrected chi connectivity index (χ1v) is 5.42. The van der Waals surface area contributed by atoms with Gasteiger partial charge in [0, 0.05) is 6.04 Å². The Kier molecular flexibility index (Phi) is 4.76. The zero-order chi connectivity index (χ0) is 9.68. The molecule has 0 spiro atoms. The van der Waals surface area contributed by atoms with Gasteiger partial charge in [-0.05, 0) is 41.1 Å². The molecule has 0 unspecified atom stereocenters. The second kappa shape index (κ2) is 5.62. The van der Waals surface area contributed by atoms with Gasteiger partial charge in [0.15, 0.2) is 3.77 Å². The van der Waals surface area contributed by atoms with Gasteiger partial charge < -0.3 is 14.8 Å². The van der Waals surface area contributed by atoms with E-state index in [9.17, 15) is 0 Å². The molecule has 0 radical (unpaired) electrons. The molecule has 0 bridgehead atoms. The van der Waals surface area contributed by atoms with Gasteiger partial charge in [0.1, 0.15) is 5.76 Å². The zero-order valence-corrected chi connectivity index (χ0v) is 9.74. The fourth-order valence-electron chi connectivity index (χ4n) is 1.03. The summed E-state index contributed by atoms with van der Waals surface area (Å²) in [5, 5.41) is 12.1. The fraction of sp³-hybridized carbons (Fsp3) is 0.556. The largest absolute Gasteiger partial charge is 0.454 e. The lowest BCUT2D eigenvalue weighted by atomic mass is 10.2. The Hall–Kier alpha value is -0.0700. The molecule has 0 aliphatic carbocycles. The van der Waals surface area contributed by atoms with E-state index in [0.717, 1.165) is 15.9 Å². The maximum absolute atomic E-state index is 8.91. The average molecular weight is 295 g/mol. The van der Waals surface area contributed by atoms with E-state index in [1.54, 1.807) is 0 Å². The van der Waals surface area contributed by atoms with Crippen molar-refractivity contribution in [3.8, 4) is 0 Å². The number of halogens is 1. The van der Waals surface area contributed by atoms with Gasteiger partial charge in [0.05, 0.1) is 13.2 Å². The molecule has 13 heavy (non-hydrogen) atoms. The summed E-state index contributed by atoms with van der Waals surface area (Å²) in [6.07, 6.45) is 0.925. The first-order chi connectivity index (χ1) is 6.26. The summed E-state index contributed by atoms with van der Waals surface area (Å²) in [5.41, 5.74) is 0. The number of aliphatic hydroxyl groups is 1. The van der Waals surface area contributed by atoms with Gasteiger partial charge in [-0.1, -0.05) is 6.92 Å². The molecule has 0 saturated carbocycles. The van der Waals surface area contributed by atoms with Crippen LogP contribution in [-0.2, 0) is 6.54 Å². The third kappa shape index (κ3) is 3.66. The summed E-state index contributed by atoms with van der Waals surface area (Å²) >= 11 is 2.13. The first kappa shape index (κ1) is 11.0. The van der Waals surface area contributed by atoms with E-state index >= 15 is 0 Å². The lowest BCUT2D eigenvalue weighted by molar-refractivity contribution is 0.235. The minimum atomic E-state index is 0.169. The van der Waals surface area contributed by atoms with Crippen LogP contribution in [0.1, 0.15) is 19.1 Å². The Bertz CT molecular complexity index is 246. The van der Waals surface area contributed by atoms with Crippen LogP contribution < -0.4 is 5.32 Å². The SMILES string of the molecule is CC[C@@H](CO)NCc1ccc(I)o1. The summed E-state index contributed by atoms with van der Waals surface area (Å²) in [7, 11) is 0. The summed E-state index contributed by atoms with van der Waals surface area (Å²) in [6.45, 7) is 2.90. The smallest absolute Gasteiger partial charge is 0.164 e. The number of aliphatic hydroxyl groups excluding tert-OH is 1. The first-order valence-electron chi connectivity index (χ1n) is 4.34. The molecule has 1 heterocycles. The normalized spacial score (nSPS) is 13.2. The van der Waals surface area contributed by atoms with Gasteiger partial charge >= 0.3 is 0 Å². The van der Waals surface area contributed by atoms with Crippen molar-refractivity contribution in [2.24, 2.45) is 0 Å². The summed E-state index contributed by atoms with van der Waals surface area (Å²) in [5.74, 6) is 0.913. The minimum Gasteiger partial charge on any atom is -0.454 e. The van der Waals surface area contributed by atoms with Crippen molar-refractivity contribution in [3.05, 3.63) is 21.7 Å². The average Bonchev–Trinajstić information content (AvgIpc) is 2.53. The van der Waals surface area contributed by atoms with E-state index in [-0.39, 0.29) is 12.6 Å². The highest BCUT2D eigenvalue weighted by Crippen LogP contribution is 2.09. The third-order valence-corrected chi connectivity index (χ3v) is 2.49. The van der Waals surface area contributed by atoms with Crippen LogP contribution in [0.5, 0.6) is 0 Å². The predicted octanol–water partition coefficient (Wildman–Crippen LogP) is 1.74. The molecular weight excluding hydrogens is 281 g/mol. The van der Waals surface area contributed by atoms with Crippen LogP contribution in [0.3, 0.4) is 0 Å². The van der Waals surface area contributed by atoms with Crippen LogP contribution in [0.4, 0.5) is 0 Å². The third-order valence-electron chi connectivity index (χ3n) is 1.91. The summed E-state index contributed by atoms with van der Waals surface area (Å²) in [4.78, 5) is 0. The summed E-state index contributed by atoms with van der Waals surface area (Å²) < 4.78 is 6.26. The van der Waals surface area contributed by atoms with Gasteiger partial charge in [-0.25, -0.2) is 0 Å². The molecule has 4 heteroatoms. The van der Waals surface area contributed by atoms with Gasteiger partial charge in [-0.15, -0.1) is 0 Å². The maximum Gasteiger partial charge on any atom is 0.164 e. The van der Waals surface area contributed by atoms with E-state index in [0.29, 0.717) is 6.54 Å². The van der Waals surface area contributed by atoms with E-state index in [1.165, 1.54) is 0 Å². The summed E-state index contributed by atoms with van der Waals surface area (Å²) in [6, 6.07) is 4.04. The molecule has 3 nitrogen and oxygen atoms in total. The minimum absolute atomic E-state index is 0.169. The van der Waals surface area contributed by atoms with Crippen molar-refractivity contribution < 1.29 is 9.52 Å².